The Hall–Kier alpha value is -4.57. The van der Waals surface area contributed by atoms with Crippen molar-refractivity contribution >= 4 is 28.7 Å². The van der Waals surface area contributed by atoms with Crippen molar-refractivity contribution in [2.24, 2.45) is 0 Å². The third kappa shape index (κ3) is 5.02. The quantitative estimate of drug-likeness (QED) is 0.357. The van der Waals surface area contributed by atoms with Gasteiger partial charge in [-0.3, -0.25) is 0 Å². The van der Waals surface area contributed by atoms with Crippen LogP contribution in [0.5, 0.6) is 11.5 Å². The van der Waals surface area contributed by atoms with E-state index in [0.717, 1.165) is 11.1 Å². The molecule has 0 atom stereocenters. The fourth-order valence-electron chi connectivity index (χ4n) is 3.20. The van der Waals surface area contributed by atoms with Crippen LogP contribution in [-0.4, -0.2) is 22.7 Å². The van der Waals surface area contributed by atoms with Crippen LogP contribution in [0.4, 0.5) is 0 Å². The highest BCUT2D eigenvalue weighted by atomic mass is 16.5. The fraction of sp³-hybridized carbons (Fsp3) is 0.115. The van der Waals surface area contributed by atoms with Gasteiger partial charge in [0.1, 0.15) is 23.8 Å². The van der Waals surface area contributed by atoms with Crippen LogP contribution in [0.25, 0.3) is 22.7 Å². The standard InChI is InChI=1S/C26H20N2O5/c1-2-31-24-14-18(13-20(15-27)25-28-21-5-3-4-6-22(21)33-25)9-12-23(24)32-16-17-7-10-19(11-8-17)26(29)30/h3-14H,2,16H2,1H3,(H,29,30)/b20-13+. The predicted octanol–water partition coefficient (Wildman–Crippen LogP) is 5.57. The molecule has 0 aliphatic rings. The molecular weight excluding hydrogens is 420 g/mol. The van der Waals surface area contributed by atoms with Crippen molar-refractivity contribution in [3.05, 3.63) is 89.3 Å². The molecule has 0 amide bonds. The summed E-state index contributed by atoms with van der Waals surface area (Å²) < 4.78 is 17.3. The highest BCUT2D eigenvalue weighted by molar-refractivity contribution is 5.89. The maximum atomic E-state index is 11.0. The van der Waals surface area contributed by atoms with Crippen molar-refractivity contribution < 1.29 is 23.8 Å². The Bertz CT molecular complexity index is 1330. The average molecular weight is 440 g/mol. The highest BCUT2D eigenvalue weighted by Gasteiger charge is 2.12. The molecular formula is C26H20N2O5. The van der Waals surface area contributed by atoms with Gasteiger partial charge in [-0.2, -0.15) is 5.26 Å². The first kappa shape index (κ1) is 21.7. The first-order valence-electron chi connectivity index (χ1n) is 10.3. The van der Waals surface area contributed by atoms with Gasteiger partial charge in [-0.25, -0.2) is 9.78 Å². The molecule has 0 radical (unpaired) electrons. The number of oxazole rings is 1. The third-order valence-corrected chi connectivity index (χ3v) is 4.82. The van der Waals surface area contributed by atoms with E-state index in [1.54, 1.807) is 36.4 Å². The molecule has 0 unspecified atom stereocenters. The number of carbonyl (C=O) groups is 1. The predicted molar refractivity (Wildman–Crippen MR) is 123 cm³/mol. The Labute approximate surface area is 190 Å². The van der Waals surface area contributed by atoms with E-state index in [1.807, 2.05) is 31.2 Å². The summed E-state index contributed by atoms with van der Waals surface area (Å²) >= 11 is 0. The molecule has 0 spiro atoms. The number of carboxylic acids is 1. The minimum atomic E-state index is -0.973. The SMILES string of the molecule is CCOc1cc(/C=C(\C#N)c2nc3ccccc3o2)ccc1OCc1ccc(C(=O)O)cc1. The lowest BCUT2D eigenvalue weighted by molar-refractivity contribution is 0.0697. The lowest BCUT2D eigenvalue weighted by Crippen LogP contribution is -2.01. The van der Waals surface area contributed by atoms with Crippen LogP contribution in [-0.2, 0) is 6.61 Å². The summed E-state index contributed by atoms with van der Waals surface area (Å²) in [7, 11) is 0. The zero-order valence-corrected chi connectivity index (χ0v) is 17.8. The number of hydrogen-bond acceptors (Lipinski definition) is 6. The first-order chi connectivity index (χ1) is 16.1. The zero-order chi connectivity index (χ0) is 23.2. The number of nitriles is 1. The number of benzene rings is 3. The molecule has 1 N–H and O–H groups in total. The summed E-state index contributed by atoms with van der Waals surface area (Å²) in [5, 5.41) is 18.7. The summed E-state index contributed by atoms with van der Waals surface area (Å²) in [5.74, 6) is 0.348. The molecule has 0 aliphatic heterocycles. The van der Waals surface area contributed by atoms with Crippen molar-refractivity contribution in [2.45, 2.75) is 13.5 Å². The number of hydrogen-bond donors (Lipinski definition) is 1. The number of para-hydroxylation sites is 2. The van der Waals surface area contributed by atoms with Gasteiger partial charge in [0, 0.05) is 0 Å². The normalized spacial score (nSPS) is 11.2. The van der Waals surface area contributed by atoms with Gasteiger partial charge in [-0.1, -0.05) is 30.3 Å². The van der Waals surface area contributed by atoms with Crippen LogP contribution in [0.2, 0.25) is 0 Å². The van der Waals surface area contributed by atoms with Crippen molar-refractivity contribution in [1.29, 1.82) is 5.26 Å². The van der Waals surface area contributed by atoms with Crippen molar-refractivity contribution in [1.82, 2.24) is 4.98 Å². The number of rotatable bonds is 8. The summed E-state index contributed by atoms with van der Waals surface area (Å²) in [4.78, 5) is 15.4. The van der Waals surface area contributed by atoms with Crippen molar-refractivity contribution in [2.75, 3.05) is 6.61 Å². The van der Waals surface area contributed by atoms with E-state index < -0.39 is 5.97 Å². The van der Waals surface area contributed by atoms with Crippen molar-refractivity contribution in [3.63, 3.8) is 0 Å². The Morgan fingerprint density at radius 1 is 1.09 bits per heavy atom. The molecule has 4 aromatic rings. The van der Waals surface area contributed by atoms with Crippen LogP contribution in [0.15, 0.2) is 71.1 Å². The monoisotopic (exact) mass is 440 g/mol. The zero-order valence-electron chi connectivity index (χ0n) is 17.8. The van der Waals surface area contributed by atoms with E-state index >= 15 is 0 Å². The van der Waals surface area contributed by atoms with E-state index in [2.05, 4.69) is 11.1 Å². The largest absolute Gasteiger partial charge is 0.490 e. The van der Waals surface area contributed by atoms with Crippen LogP contribution >= 0.6 is 0 Å². The Morgan fingerprint density at radius 3 is 2.58 bits per heavy atom. The van der Waals surface area contributed by atoms with Gasteiger partial charge in [0.25, 0.3) is 0 Å². The number of nitrogens with zero attached hydrogens (tertiary/aromatic N) is 2. The van der Waals surface area contributed by atoms with Crippen LogP contribution in [0.1, 0.15) is 34.3 Å². The van der Waals surface area contributed by atoms with Crippen LogP contribution in [0, 0.1) is 11.3 Å². The van der Waals surface area contributed by atoms with Crippen molar-refractivity contribution in [3.8, 4) is 17.6 Å². The Morgan fingerprint density at radius 2 is 1.88 bits per heavy atom. The van der Waals surface area contributed by atoms with Gasteiger partial charge in [0.2, 0.25) is 5.89 Å². The average Bonchev–Trinajstić information content (AvgIpc) is 3.26. The summed E-state index contributed by atoms with van der Waals surface area (Å²) in [5.41, 5.74) is 3.37. The molecule has 3 aromatic carbocycles. The van der Waals surface area contributed by atoms with Gasteiger partial charge >= 0.3 is 5.97 Å². The molecule has 0 aliphatic carbocycles. The van der Waals surface area contributed by atoms with Crippen LogP contribution < -0.4 is 9.47 Å². The second-order valence-corrected chi connectivity index (χ2v) is 7.09. The second-order valence-electron chi connectivity index (χ2n) is 7.09. The van der Waals surface area contributed by atoms with Gasteiger partial charge in [0.15, 0.2) is 17.1 Å². The molecule has 0 fully saturated rings. The molecule has 33 heavy (non-hydrogen) atoms. The molecule has 4 rings (SSSR count). The van der Waals surface area contributed by atoms with E-state index in [-0.39, 0.29) is 18.1 Å². The first-order valence-corrected chi connectivity index (χ1v) is 10.3. The van der Waals surface area contributed by atoms with E-state index in [1.165, 1.54) is 12.1 Å². The minimum Gasteiger partial charge on any atom is -0.490 e. The fourth-order valence-corrected chi connectivity index (χ4v) is 3.20. The molecule has 7 nitrogen and oxygen atoms in total. The van der Waals surface area contributed by atoms with Gasteiger partial charge in [-0.15, -0.1) is 0 Å². The number of ether oxygens (including phenoxy) is 2. The molecule has 1 aromatic heterocycles. The van der Waals surface area contributed by atoms with E-state index in [0.29, 0.717) is 34.8 Å². The smallest absolute Gasteiger partial charge is 0.335 e. The minimum absolute atomic E-state index is 0.220. The molecule has 7 heteroatoms. The maximum Gasteiger partial charge on any atom is 0.335 e. The number of fused-ring (bicyclic) bond motifs is 1. The van der Waals surface area contributed by atoms with Gasteiger partial charge in [-0.05, 0) is 60.5 Å². The van der Waals surface area contributed by atoms with Crippen LogP contribution in [0.3, 0.4) is 0 Å². The summed E-state index contributed by atoms with van der Waals surface area (Å²) in [6.07, 6.45) is 1.68. The molecule has 0 bridgehead atoms. The summed E-state index contributed by atoms with van der Waals surface area (Å²) in [6.45, 7) is 2.56. The Kier molecular flexibility index (Phi) is 6.37. The second kappa shape index (κ2) is 9.71. The number of aromatic carboxylic acids is 1. The molecule has 0 saturated heterocycles. The lowest BCUT2D eigenvalue weighted by atomic mass is 10.1. The maximum absolute atomic E-state index is 11.0. The molecule has 1 heterocycles. The third-order valence-electron chi connectivity index (χ3n) is 4.82. The van der Waals surface area contributed by atoms with Gasteiger partial charge in [0.05, 0.1) is 12.2 Å². The molecule has 164 valence electrons. The van der Waals surface area contributed by atoms with E-state index in [9.17, 15) is 10.1 Å². The number of aromatic nitrogens is 1. The number of allylic oxidation sites excluding steroid dienone is 1. The highest BCUT2D eigenvalue weighted by Crippen LogP contribution is 2.31. The van der Waals surface area contributed by atoms with Gasteiger partial charge < -0.3 is 19.0 Å². The number of carboxylic acid groups (broad SMARTS) is 1. The molecule has 0 saturated carbocycles. The lowest BCUT2D eigenvalue weighted by Gasteiger charge is -2.13. The van der Waals surface area contributed by atoms with E-state index in [4.69, 9.17) is 19.0 Å². The Balaban J connectivity index is 1.56. The summed E-state index contributed by atoms with van der Waals surface area (Å²) in [6, 6.07) is 21.3. The topological polar surface area (TPSA) is 106 Å².